The number of nitrogens with one attached hydrogen (secondary N) is 2. The molecule has 5 nitrogen and oxygen atoms in total. The monoisotopic (exact) mass is 391 g/mol. The second kappa shape index (κ2) is 7.25. The highest BCUT2D eigenvalue weighted by Crippen LogP contribution is 2.37. The van der Waals surface area contributed by atoms with E-state index in [0.717, 1.165) is 0 Å². The van der Waals surface area contributed by atoms with Crippen molar-refractivity contribution in [3.63, 3.8) is 0 Å². The summed E-state index contributed by atoms with van der Waals surface area (Å²) in [4.78, 5) is 27.5. The molecule has 2 amide bonds. The van der Waals surface area contributed by atoms with Crippen molar-refractivity contribution in [1.82, 2.24) is 4.98 Å². The van der Waals surface area contributed by atoms with Gasteiger partial charge in [-0.15, -0.1) is 0 Å². The van der Waals surface area contributed by atoms with Crippen molar-refractivity contribution in [2.45, 2.75) is 19.3 Å². The molecule has 2 N–H and O–H groups in total. The van der Waals surface area contributed by atoms with Crippen LogP contribution in [0.2, 0.25) is 0 Å². The summed E-state index contributed by atoms with van der Waals surface area (Å²) in [5.74, 6) is -2.73. The zero-order chi connectivity index (χ0) is 20.4. The Labute approximate surface area is 148 Å². The van der Waals surface area contributed by atoms with Crippen LogP contribution in [-0.4, -0.2) is 16.8 Å². The van der Waals surface area contributed by atoms with Crippen molar-refractivity contribution < 1.29 is 35.9 Å². The van der Waals surface area contributed by atoms with E-state index in [9.17, 15) is 35.9 Å². The highest BCUT2D eigenvalue weighted by Gasteiger charge is 2.37. The average molecular weight is 391 g/mol. The molecule has 0 bridgehead atoms. The van der Waals surface area contributed by atoms with Gasteiger partial charge in [0.1, 0.15) is 5.82 Å². The number of alkyl halides is 6. The summed E-state index contributed by atoms with van der Waals surface area (Å²) in [6.45, 7) is 1.57. The fraction of sp³-hybridized carbons (Fsp3) is 0.188. The molecule has 0 aliphatic carbocycles. The molecule has 1 aromatic heterocycles. The van der Waals surface area contributed by atoms with Crippen LogP contribution < -0.4 is 10.6 Å². The van der Waals surface area contributed by atoms with Gasteiger partial charge < -0.3 is 10.6 Å². The normalized spacial score (nSPS) is 11.8. The zero-order valence-corrected chi connectivity index (χ0v) is 13.5. The molecule has 144 valence electrons. The van der Waals surface area contributed by atoms with Crippen molar-refractivity contribution in [3.05, 3.63) is 53.2 Å². The molecule has 1 aromatic carbocycles. The van der Waals surface area contributed by atoms with Gasteiger partial charge in [-0.3, -0.25) is 9.59 Å². The average Bonchev–Trinajstić information content (AvgIpc) is 2.55. The molecule has 2 aromatic rings. The summed E-state index contributed by atoms with van der Waals surface area (Å²) in [6, 6.07) is 3.64. The molecule has 11 heteroatoms. The molecule has 0 unspecified atom stereocenters. The van der Waals surface area contributed by atoms with Gasteiger partial charge in [-0.05, 0) is 36.8 Å². The van der Waals surface area contributed by atoms with Crippen LogP contribution in [0, 0.1) is 6.92 Å². The Balaban J connectivity index is 2.26. The fourth-order valence-electron chi connectivity index (χ4n) is 2.00. The molecule has 0 spiro atoms. The van der Waals surface area contributed by atoms with Crippen molar-refractivity contribution >= 4 is 23.3 Å². The Morgan fingerprint density at radius 3 is 1.89 bits per heavy atom. The topological polar surface area (TPSA) is 71.1 Å². The quantitative estimate of drug-likeness (QED) is 0.601. The Morgan fingerprint density at radius 2 is 1.41 bits per heavy atom. The SMILES string of the molecule is Cc1cccnc1NC(=O)C(=O)Nc1cc(C(F)(F)F)cc(C(F)(F)F)c1. The summed E-state index contributed by atoms with van der Waals surface area (Å²) in [6.07, 6.45) is -8.83. The summed E-state index contributed by atoms with van der Waals surface area (Å²) in [5.41, 5.74) is -3.56. The van der Waals surface area contributed by atoms with Gasteiger partial charge in [-0.25, -0.2) is 4.98 Å². The standard InChI is InChI=1S/C16H11F6N3O2/c1-8-3-2-4-23-12(8)25-14(27)13(26)24-11-6-9(15(17,18)19)5-10(7-11)16(20,21)22/h2-7H,1H3,(H,24,26)(H,23,25,27). The highest BCUT2D eigenvalue weighted by molar-refractivity contribution is 6.43. The number of carbonyl (C=O) groups excluding carboxylic acids is 2. The van der Waals surface area contributed by atoms with E-state index >= 15 is 0 Å². The third kappa shape index (κ3) is 5.19. The smallest absolute Gasteiger partial charge is 0.318 e. The van der Waals surface area contributed by atoms with Gasteiger partial charge in [-0.2, -0.15) is 26.3 Å². The maximum absolute atomic E-state index is 12.8. The molecule has 1 heterocycles. The number of benzene rings is 1. The van der Waals surface area contributed by atoms with Gasteiger partial charge in [0.05, 0.1) is 11.1 Å². The maximum Gasteiger partial charge on any atom is 0.416 e. The molecule has 27 heavy (non-hydrogen) atoms. The first kappa shape index (κ1) is 20.2. The minimum Gasteiger partial charge on any atom is -0.318 e. The lowest BCUT2D eigenvalue weighted by Crippen LogP contribution is -2.30. The minimum absolute atomic E-state index is 0.0256. The van der Waals surface area contributed by atoms with Crippen LogP contribution in [0.1, 0.15) is 16.7 Å². The van der Waals surface area contributed by atoms with Crippen LogP contribution in [0.15, 0.2) is 36.5 Å². The number of nitrogens with zero attached hydrogens (tertiary/aromatic N) is 1. The lowest BCUT2D eigenvalue weighted by atomic mass is 10.1. The van der Waals surface area contributed by atoms with Gasteiger partial charge in [-0.1, -0.05) is 6.07 Å². The lowest BCUT2D eigenvalue weighted by Gasteiger charge is -2.14. The number of amides is 2. The first-order valence-electron chi connectivity index (χ1n) is 7.21. The van der Waals surface area contributed by atoms with Crippen LogP contribution in [0.4, 0.5) is 37.8 Å². The van der Waals surface area contributed by atoms with Crippen molar-refractivity contribution in [2.75, 3.05) is 10.6 Å². The minimum atomic E-state index is -5.08. The molecule has 0 atom stereocenters. The number of aryl methyl sites for hydroxylation is 1. The van der Waals surface area contributed by atoms with Gasteiger partial charge in [0, 0.05) is 11.9 Å². The first-order valence-corrected chi connectivity index (χ1v) is 7.21. The zero-order valence-electron chi connectivity index (χ0n) is 13.5. The second-order valence-corrected chi connectivity index (χ2v) is 5.37. The maximum atomic E-state index is 12.8. The number of hydrogen-bond donors (Lipinski definition) is 2. The third-order valence-corrected chi connectivity index (χ3v) is 3.29. The Bertz CT molecular complexity index is 845. The summed E-state index contributed by atoms with van der Waals surface area (Å²) in [5, 5.41) is 3.84. The number of halogens is 6. The van der Waals surface area contributed by atoms with Crippen LogP contribution in [0.3, 0.4) is 0 Å². The number of anilines is 2. The first-order chi connectivity index (χ1) is 12.4. The van der Waals surface area contributed by atoms with Gasteiger partial charge in [0.25, 0.3) is 0 Å². The molecule has 0 saturated heterocycles. The third-order valence-electron chi connectivity index (χ3n) is 3.29. The summed E-state index contributed by atoms with van der Waals surface area (Å²) < 4.78 is 76.8. The number of carbonyl (C=O) groups is 2. The molecule has 0 aliphatic heterocycles. The van der Waals surface area contributed by atoms with E-state index in [1.165, 1.54) is 6.20 Å². The van der Waals surface area contributed by atoms with E-state index in [2.05, 4.69) is 10.3 Å². The lowest BCUT2D eigenvalue weighted by molar-refractivity contribution is -0.143. The van der Waals surface area contributed by atoms with E-state index in [1.807, 2.05) is 0 Å². The Hall–Kier alpha value is -3.11. The second-order valence-electron chi connectivity index (χ2n) is 5.37. The van der Waals surface area contributed by atoms with Crippen LogP contribution >= 0.6 is 0 Å². The Morgan fingerprint density at radius 1 is 0.889 bits per heavy atom. The number of rotatable bonds is 2. The molecular weight excluding hydrogens is 380 g/mol. The molecule has 0 saturated carbocycles. The number of aromatic nitrogens is 1. The van der Waals surface area contributed by atoms with Crippen molar-refractivity contribution in [2.24, 2.45) is 0 Å². The number of hydrogen-bond acceptors (Lipinski definition) is 3. The van der Waals surface area contributed by atoms with E-state index < -0.39 is 41.0 Å². The van der Waals surface area contributed by atoms with Gasteiger partial charge in [0.15, 0.2) is 0 Å². The van der Waals surface area contributed by atoms with E-state index in [0.29, 0.717) is 17.7 Å². The molecule has 0 fully saturated rings. The molecule has 2 rings (SSSR count). The largest absolute Gasteiger partial charge is 0.416 e. The Kier molecular flexibility index (Phi) is 5.43. The molecular formula is C16H11F6N3O2. The van der Waals surface area contributed by atoms with Gasteiger partial charge in [0.2, 0.25) is 0 Å². The van der Waals surface area contributed by atoms with E-state index in [-0.39, 0.29) is 11.9 Å². The molecule has 0 radical (unpaired) electrons. The summed E-state index contributed by atoms with van der Waals surface area (Å²) >= 11 is 0. The molecule has 0 aliphatic rings. The van der Waals surface area contributed by atoms with E-state index in [1.54, 1.807) is 24.4 Å². The van der Waals surface area contributed by atoms with Crippen molar-refractivity contribution in [1.29, 1.82) is 0 Å². The van der Waals surface area contributed by atoms with Crippen LogP contribution in [0.25, 0.3) is 0 Å². The highest BCUT2D eigenvalue weighted by atomic mass is 19.4. The van der Waals surface area contributed by atoms with Crippen LogP contribution in [-0.2, 0) is 21.9 Å². The number of pyridine rings is 1. The van der Waals surface area contributed by atoms with Gasteiger partial charge >= 0.3 is 24.2 Å². The fourth-order valence-corrected chi connectivity index (χ4v) is 2.00. The predicted molar refractivity (Wildman–Crippen MR) is 82.7 cm³/mol. The predicted octanol–water partition coefficient (Wildman–Crippen LogP) is 4.00. The van der Waals surface area contributed by atoms with Crippen molar-refractivity contribution in [3.8, 4) is 0 Å². The van der Waals surface area contributed by atoms with E-state index in [4.69, 9.17) is 0 Å². The summed E-state index contributed by atoms with van der Waals surface area (Å²) in [7, 11) is 0. The van der Waals surface area contributed by atoms with Crippen LogP contribution in [0.5, 0.6) is 0 Å².